The summed E-state index contributed by atoms with van der Waals surface area (Å²) in [6, 6.07) is 49.0. The standard InChI is InChI=1S/C33H31N2.C12H10N.Ir/c1-3-25-11-17-30(18-12-25)35(31-19-13-26(4-2)14-20-31)32-21-15-27(16-22-32)28-8-7-9-29(24-28)33-10-5-6-23-34-33;1-10-6-5-9-13-12(10)11-7-3-2-4-8-11;/h3-8,10-14,17-20,23-24,27,32H,1-2,15-16,21-22H2;2-7,9H,1H3;/q2*-1;. The van der Waals surface area contributed by atoms with Crippen molar-refractivity contribution in [2.75, 3.05) is 4.90 Å². The molecule has 0 spiro atoms. The van der Waals surface area contributed by atoms with Crippen molar-refractivity contribution in [3.05, 3.63) is 181 Å². The van der Waals surface area contributed by atoms with E-state index in [2.05, 4.69) is 126 Å². The number of nitrogens with zero attached hydrogens (tertiary/aromatic N) is 3. The van der Waals surface area contributed by atoms with Gasteiger partial charge < -0.3 is 14.9 Å². The minimum atomic E-state index is 0. The fourth-order valence-electron chi connectivity index (χ4n) is 6.50. The Bertz CT molecular complexity index is 1860. The predicted molar refractivity (Wildman–Crippen MR) is 202 cm³/mol. The molecule has 4 aromatic carbocycles. The van der Waals surface area contributed by atoms with Crippen LogP contribution in [0.2, 0.25) is 0 Å². The van der Waals surface area contributed by atoms with E-state index in [9.17, 15) is 0 Å². The van der Waals surface area contributed by atoms with E-state index in [1.54, 1.807) is 0 Å². The third kappa shape index (κ3) is 8.97. The maximum absolute atomic E-state index is 4.51. The minimum Gasteiger partial charge on any atom is -0.338 e. The molecule has 1 radical (unpaired) electrons. The van der Waals surface area contributed by atoms with Crippen LogP contribution in [0.3, 0.4) is 0 Å². The van der Waals surface area contributed by atoms with Crippen LogP contribution in [0.4, 0.5) is 11.4 Å². The van der Waals surface area contributed by atoms with E-state index in [-0.39, 0.29) is 20.1 Å². The summed E-state index contributed by atoms with van der Waals surface area (Å²) < 4.78 is 0. The smallest absolute Gasteiger partial charge is 0.0413 e. The van der Waals surface area contributed by atoms with Gasteiger partial charge >= 0.3 is 0 Å². The molecule has 7 rings (SSSR count). The van der Waals surface area contributed by atoms with Gasteiger partial charge in [-0.1, -0.05) is 73.3 Å². The first-order chi connectivity index (χ1) is 23.6. The molecule has 1 fully saturated rings. The van der Waals surface area contributed by atoms with Crippen LogP contribution < -0.4 is 4.90 Å². The Labute approximate surface area is 305 Å². The first-order valence-corrected chi connectivity index (χ1v) is 16.7. The second-order valence-electron chi connectivity index (χ2n) is 12.2. The van der Waals surface area contributed by atoms with Crippen molar-refractivity contribution in [3.8, 4) is 22.5 Å². The molecule has 1 aliphatic rings. The summed E-state index contributed by atoms with van der Waals surface area (Å²) in [5.41, 5.74) is 11.5. The van der Waals surface area contributed by atoms with Gasteiger partial charge in [-0.15, -0.1) is 71.3 Å². The summed E-state index contributed by atoms with van der Waals surface area (Å²) in [6.45, 7) is 9.87. The second-order valence-corrected chi connectivity index (χ2v) is 12.2. The minimum absolute atomic E-state index is 0. The van der Waals surface area contributed by atoms with Gasteiger partial charge in [-0.05, 0) is 97.4 Å². The maximum Gasteiger partial charge on any atom is 0.0413 e. The Morgan fingerprint density at radius 3 is 1.86 bits per heavy atom. The molecule has 0 atom stereocenters. The molecule has 0 amide bonds. The Morgan fingerprint density at radius 1 is 0.653 bits per heavy atom. The Morgan fingerprint density at radius 2 is 1.29 bits per heavy atom. The fraction of sp³-hybridized carbons (Fsp3) is 0.156. The molecule has 247 valence electrons. The summed E-state index contributed by atoms with van der Waals surface area (Å²) in [7, 11) is 0. The fourth-order valence-corrected chi connectivity index (χ4v) is 6.50. The van der Waals surface area contributed by atoms with Crippen LogP contribution in [0.15, 0.2) is 147 Å². The average Bonchev–Trinajstić information content (AvgIpc) is 3.17. The van der Waals surface area contributed by atoms with Gasteiger partial charge in [-0.3, -0.25) is 0 Å². The molecule has 6 aromatic rings. The zero-order chi connectivity index (χ0) is 33.1. The molecule has 2 aromatic heterocycles. The molecule has 4 heteroatoms. The SMILES string of the molecule is C=Cc1ccc(N(c2ccc(C=C)cc2)C2CCC(c3cc[c-]c(-c4ccccn4)c3)CC2)cc1.Cc1cccnc1-c1[c-]cccc1.[Ir]. The van der Waals surface area contributed by atoms with Crippen molar-refractivity contribution in [1.82, 2.24) is 9.97 Å². The summed E-state index contributed by atoms with van der Waals surface area (Å²) in [6.07, 6.45) is 12.1. The van der Waals surface area contributed by atoms with E-state index >= 15 is 0 Å². The van der Waals surface area contributed by atoms with Crippen LogP contribution in [-0.2, 0) is 20.1 Å². The second kappa shape index (κ2) is 17.5. The Kier molecular flexibility index (Phi) is 12.6. The van der Waals surface area contributed by atoms with Gasteiger partial charge in [0.25, 0.3) is 0 Å². The van der Waals surface area contributed by atoms with Crippen LogP contribution in [0.5, 0.6) is 0 Å². The normalized spacial score (nSPS) is 15.1. The first kappa shape index (κ1) is 35.4. The monoisotopic (exact) mass is 816 g/mol. The van der Waals surface area contributed by atoms with Crippen molar-refractivity contribution in [3.63, 3.8) is 0 Å². The van der Waals surface area contributed by atoms with E-state index in [4.69, 9.17) is 0 Å². The van der Waals surface area contributed by atoms with E-state index in [1.165, 1.54) is 35.3 Å². The average molecular weight is 816 g/mol. The number of hydrogen-bond donors (Lipinski definition) is 0. The van der Waals surface area contributed by atoms with Gasteiger partial charge in [0.15, 0.2) is 0 Å². The molecule has 1 aliphatic carbocycles. The van der Waals surface area contributed by atoms with Gasteiger partial charge in [-0.2, -0.15) is 0 Å². The molecule has 0 saturated heterocycles. The van der Waals surface area contributed by atoms with E-state index < -0.39 is 0 Å². The number of anilines is 2. The van der Waals surface area contributed by atoms with Gasteiger partial charge in [-0.25, -0.2) is 0 Å². The topological polar surface area (TPSA) is 29.0 Å². The molecule has 2 heterocycles. The first-order valence-electron chi connectivity index (χ1n) is 16.7. The molecular formula is C45H41IrN3-2. The molecule has 0 unspecified atom stereocenters. The molecule has 0 bridgehead atoms. The van der Waals surface area contributed by atoms with Crippen molar-refractivity contribution in [2.45, 2.75) is 44.6 Å². The summed E-state index contributed by atoms with van der Waals surface area (Å²) in [5, 5.41) is 0. The largest absolute Gasteiger partial charge is 0.338 e. The van der Waals surface area contributed by atoms with Crippen molar-refractivity contribution >= 4 is 23.5 Å². The predicted octanol–water partition coefficient (Wildman–Crippen LogP) is 11.6. The number of hydrogen-bond acceptors (Lipinski definition) is 3. The number of rotatable bonds is 8. The van der Waals surface area contributed by atoms with Gasteiger partial charge in [0.2, 0.25) is 0 Å². The Hall–Kier alpha value is -4.89. The van der Waals surface area contributed by atoms with Crippen LogP contribution in [-0.4, -0.2) is 16.0 Å². The zero-order valence-electron chi connectivity index (χ0n) is 27.9. The summed E-state index contributed by atoms with van der Waals surface area (Å²) >= 11 is 0. The van der Waals surface area contributed by atoms with E-state index in [0.29, 0.717) is 12.0 Å². The van der Waals surface area contributed by atoms with Crippen molar-refractivity contribution in [2.24, 2.45) is 0 Å². The van der Waals surface area contributed by atoms with Crippen LogP contribution in [0.1, 0.15) is 53.9 Å². The zero-order valence-corrected chi connectivity index (χ0v) is 30.3. The van der Waals surface area contributed by atoms with Crippen LogP contribution in [0.25, 0.3) is 34.7 Å². The van der Waals surface area contributed by atoms with E-state index in [0.717, 1.165) is 46.5 Å². The third-order valence-electron chi connectivity index (χ3n) is 9.09. The molecule has 1 saturated carbocycles. The molecule has 0 N–H and O–H groups in total. The van der Waals surface area contributed by atoms with Crippen molar-refractivity contribution in [1.29, 1.82) is 0 Å². The molecule has 3 nitrogen and oxygen atoms in total. The van der Waals surface area contributed by atoms with Gasteiger partial charge in [0, 0.05) is 49.9 Å². The number of benzene rings is 4. The van der Waals surface area contributed by atoms with E-state index in [1.807, 2.05) is 67.0 Å². The summed E-state index contributed by atoms with van der Waals surface area (Å²) in [4.78, 5) is 11.4. The van der Waals surface area contributed by atoms with Crippen molar-refractivity contribution < 1.29 is 20.1 Å². The van der Waals surface area contributed by atoms with Gasteiger partial charge in [0.05, 0.1) is 0 Å². The summed E-state index contributed by atoms with van der Waals surface area (Å²) in [5.74, 6) is 0.566. The number of aromatic nitrogens is 2. The quantitative estimate of drug-likeness (QED) is 0.143. The molecule has 0 aliphatic heterocycles. The Balaban J connectivity index is 0.000000280. The molecule has 49 heavy (non-hydrogen) atoms. The number of pyridine rings is 2. The third-order valence-corrected chi connectivity index (χ3v) is 9.09. The number of aryl methyl sites for hydroxylation is 1. The van der Waals surface area contributed by atoms with Crippen LogP contribution in [0, 0.1) is 19.1 Å². The van der Waals surface area contributed by atoms with Gasteiger partial charge in [0.1, 0.15) is 0 Å². The maximum atomic E-state index is 4.51. The van der Waals surface area contributed by atoms with Crippen LogP contribution >= 0.6 is 0 Å². The molecular weight excluding hydrogens is 775 g/mol.